The number of aliphatic hydroxyl groups is 1. The molecule has 0 amide bonds. The molecule has 0 spiro atoms. The van der Waals surface area contributed by atoms with E-state index in [1.807, 2.05) is 18.2 Å². The normalized spacial score (nSPS) is 17.4. The Morgan fingerprint density at radius 3 is 2.94 bits per heavy atom. The monoisotopic (exact) mass is 303 g/mol. The third-order valence-electron chi connectivity index (χ3n) is 2.84. The molecule has 0 aromatic heterocycles. The van der Waals surface area contributed by atoms with Crippen molar-refractivity contribution in [2.24, 2.45) is 5.92 Å². The fraction of sp³-hybridized carbons (Fsp3) is 0.500. The smallest absolute Gasteiger partial charge is 0.0692 e. The molecule has 0 aliphatic heterocycles. The molecule has 1 aliphatic rings. The summed E-state index contributed by atoms with van der Waals surface area (Å²) in [4.78, 5) is 0. The summed E-state index contributed by atoms with van der Waals surface area (Å²) in [6.07, 6.45) is 2.13. The fourth-order valence-corrected chi connectivity index (χ4v) is 2.27. The maximum atomic E-state index is 9.69. The molecule has 1 aliphatic carbocycles. The third kappa shape index (κ3) is 3.45. The van der Waals surface area contributed by atoms with Gasteiger partial charge in [0.05, 0.1) is 6.10 Å². The summed E-state index contributed by atoms with van der Waals surface area (Å²) in [5.74, 6) is 0.519. The van der Waals surface area contributed by atoms with Crippen LogP contribution in [-0.4, -0.2) is 17.8 Å². The van der Waals surface area contributed by atoms with Crippen LogP contribution in [0.15, 0.2) is 22.7 Å². The molecule has 0 saturated heterocycles. The van der Waals surface area contributed by atoms with Crippen LogP contribution in [-0.2, 0) is 6.54 Å². The number of aliphatic hydroxyl groups excluding tert-OH is 1. The lowest BCUT2D eigenvalue weighted by molar-refractivity contribution is 0.148. The Labute approximate surface area is 109 Å². The van der Waals surface area contributed by atoms with E-state index in [1.54, 1.807) is 0 Å². The van der Waals surface area contributed by atoms with Gasteiger partial charge in [-0.1, -0.05) is 27.5 Å². The molecular weight excluding hydrogens is 289 g/mol. The van der Waals surface area contributed by atoms with E-state index in [0.29, 0.717) is 19.0 Å². The van der Waals surface area contributed by atoms with Crippen molar-refractivity contribution in [3.05, 3.63) is 33.3 Å². The Morgan fingerprint density at radius 2 is 2.25 bits per heavy atom. The summed E-state index contributed by atoms with van der Waals surface area (Å²) in [5, 5.41) is 13.7. The van der Waals surface area contributed by atoms with Gasteiger partial charge in [-0.3, -0.25) is 0 Å². The minimum atomic E-state index is -0.203. The second kappa shape index (κ2) is 5.50. The predicted octanol–water partition coefficient (Wildman–Crippen LogP) is 2.96. The van der Waals surface area contributed by atoms with Crippen molar-refractivity contribution in [3.8, 4) is 0 Å². The average molecular weight is 305 g/mol. The maximum absolute atomic E-state index is 9.69. The summed E-state index contributed by atoms with van der Waals surface area (Å²) in [6, 6.07) is 5.80. The van der Waals surface area contributed by atoms with Gasteiger partial charge in [-0.15, -0.1) is 0 Å². The van der Waals surface area contributed by atoms with Gasteiger partial charge in [0.25, 0.3) is 0 Å². The highest BCUT2D eigenvalue weighted by atomic mass is 79.9. The molecule has 0 radical (unpaired) electrons. The first-order valence-electron chi connectivity index (χ1n) is 5.49. The highest BCUT2D eigenvalue weighted by Gasteiger charge is 2.29. The molecule has 2 N–H and O–H groups in total. The zero-order valence-electron chi connectivity index (χ0n) is 8.92. The van der Waals surface area contributed by atoms with Gasteiger partial charge in [-0.25, -0.2) is 0 Å². The summed E-state index contributed by atoms with van der Waals surface area (Å²) in [7, 11) is 0. The zero-order valence-corrected chi connectivity index (χ0v) is 11.3. The van der Waals surface area contributed by atoms with Crippen molar-refractivity contribution in [1.29, 1.82) is 0 Å². The van der Waals surface area contributed by atoms with Crippen LogP contribution < -0.4 is 5.32 Å². The molecule has 88 valence electrons. The molecule has 4 heteroatoms. The van der Waals surface area contributed by atoms with Crippen LogP contribution in [0.25, 0.3) is 0 Å². The Bertz CT molecular complexity index is 368. The molecule has 2 rings (SSSR count). The van der Waals surface area contributed by atoms with Crippen molar-refractivity contribution < 1.29 is 5.11 Å². The highest BCUT2D eigenvalue weighted by molar-refractivity contribution is 9.10. The van der Waals surface area contributed by atoms with E-state index in [0.717, 1.165) is 15.1 Å². The topological polar surface area (TPSA) is 32.3 Å². The van der Waals surface area contributed by atoms with Crippen molar-refractivity contribution in [3.63, 3.8) is 0 Å². The third-order valence-corrected chi connectivity index (χ3v) is 3.70. The van der Waals surface area contributed by atoms with Crippen molar-refractivity contribution >= 4 is 27.5 Å². The minimum Gasteiger partial charge on any atom is -0.392 e. The minimum absolute atomic E-state index is 0.203. The molecular formula is C12H15BrClNO. The van der Waals surface area contributed by atoms with Gasteiger partial charge < -0.3 is 10.4 Å². The van der Waals surface area contributed by atoms with Crippen LogP contribution in [0.3, 0.4) is 0 Å². The average Bonchev–Trinajstić information content (AvgIpc) is 3.06. The van der Waals surface area contributed by atoms with Crippen LogP contribution in [0.5, 0.6) is 0 Å². The summed E-state index contributed by atoms with van der Waals surface area (Å²) in [6.45, 7) is 1.34. The number of rotatable bonds is 5. The molecule has 1 fully saturated rings. The van der Waals surface area contributed by atoms with E-state index in [2.05, 4.69) is 21.2 Å². The molecule has 0 bridgehead atoms. The number of hydrogen-bond donors (Lipinski definition) is 2. The molecule has 1 atom stereocenters. The van der Waals surface area contributed by atoms with Crippen LogP contribution in [0.4, 0.5) is 0 Å². The van der Waals surface area contributed by atoms with E-state index in [4.69, 9.17) is 11.6 Å². The summed E-state index contributed by atoms with van der Waals surface area (Å²) < 4.78 is 1.02. The lowest BCUT2D eigenvalue weighted by Crippen LogP contribution is -2.27. The molecule has 1 aromatic rings. The molecule has 1 unspecified atom stereocenters. The van der Waals surface area contributed by atoms with Gasteiger partial charge in [0.2, 0.25) is 0 Å². The number of halogens is 2. The molecule has 2 nitrogen and oxygen atoms in total. The van der Waals surface area contributed by atoms with Gasteiger partial charge in [0.15, 0.2) is 0 Å². The summed E-state index contributed by atoms with van der Waals surface area (Å²) in [5.41, 5.74) is 1.05. The Morgan fingerprint density at radius 1 is 1.50 bits per heavy atom. The van der Waals surface area contributed by atoms with Crippen LogP contribution in [0.2, 0.25) is 5.02 Å². The number of hydrogen-bond acceptors (Lipinski definition) is 2. The van der Waals surface area contributed by atoms with E-state index < -0.39 is 0 Å². The fourth-order valence-electron chi connectivity index (χ4n) is 1.68. The van der Waals surface area contributed by atoms with E-state index in [9.17, 15) is 5.11 Å². The molecule has 16 heavy (non-hydrogen) atoms. The van der Waals surface area contributed by atoms with Gasteiger partial charge in [0, 0.05) is 22.6 Å². The number of nitrogens with one attached hydrogen (secondary N) is 1. The zero-order chi connectivity index (χ0) is 11.5. The largest absolute Gasteiger partial charge is 0.392 e. The maximum Gasteiger partial charge on any atom is 0.0692 e. The SMILES string of the molecule is OC(CNCc1cc(Br)ccc1Cl)C1CC1. The van der Waals surface area contributed by atoms with Crippen LogP contribution in [0.1, 0.15) is 18.4 Å². The Kier molecular flexibility index (Phi) is 4.25. The van der Waals surface area contributed by atoms with E-state index in [-0.39, 0.29) is 6.10 Å². The first-order chi connectivity index (χ1) is 7.66. The second-order valence-corrected chi connectivity index (χ2v) is 5.59. The molecule has 1 saturated carbocycles. The van der Waals surface area contributed by atoms with E-state index >= 15 is 0 Å². The van der Waals surface area contributed by atoms with Gasteiger partial charge >= 0.3 is 0 Å². The van der Waals surface area contributed by atoms with Crippen LogP contribution >= 0.6 is 27.5 Å². The lowest BCUT2D eigenvalue weighted by Gasteiger charge is -2.11. The second-order valence-electron chi connectivity index (χ2n) is 4.27. The van der Waals surface area contributed by atoms with Crippen molar-refractivity contribution in [1.82, 2.24) is 5.32 Å². The number of benzene rings is 1. The molecule has 1 aromatic carbocycles. The van der Waals surface area contributed by atoms with Gasteiger partial charge in [-0.05, 0) is 42.5 Å². The molecule has 0 heterocycles. The first kappa shape index (κ1) is 12.4. The Hall–Kier alpha value is -0.0900. The van der Waals surface area contributed by atoms with E-state index in [1.165, 1.54) is 12.8 Å². The quantitative estimate of drug-likeness (QED) is 0.876. The predicted molar refractivity (Wildman–Crippen MR) is 69.6 cm³/mol. The Balaban J connectivity index is 1.81. The van der Waals surface area contributed by atoms with Crippen LogP contribution in [0, 0.1) is 5.92 Å². The van der Waals surface area contributed by atoms with Crippen molar-refractivity contribution in [2.45, 2.75) is 25.5 Å². The first-order valence-corrected chi connectivity index (χ1v) is 6.66. The van der Waals surface area contributed by atoms with Gasteiger partial charge in [0.1, 0.15) is 0 Å². The highest BCUT2D eigenvalue weighted by Crippen LogP contribution is 2.32. The van der Waals surface area contributed by atoms with Gasteiger partial charge in [-0.2, -0.15) is 0 Å². The van der Waals surface area contributed by atoms with Crippen molar-refractivity contribution in [2.75, 3.05) is 6.54 Å². The summed E-state index contributed by atoms with van der Waals surface area (Å²) >= 11 is 9.48. The standard InChI is InChI=1S/C12H15BrClNO/c13-10-3-4-11(14)9(5-10)6-15-7-12(16)8-1-2-8/h3-5,8,12,15-16H,1-2,6-7H2. The lowest BCUT2D eigenvalue weighted by atomic mass is 10.2.